The first kappa shape index (κ1) is 16.1. The van der Waals surface area contributed by atoms with E-state index in [0.717, 1.165) is 5.39 Å². The van der Waals surface area contributed by atoms with E-state index in [2.05, 4.69) is 20.3 Å². The van der Waals surface area contributed by atoms with Gasteiger partial charge in [0.25, 0.3) is 5.91 Å². The molecule has 0 spiro atoms. The molecule has 0 aliphatic rings. The van der Waals surface area contributed by atoms with E-state index < -0.39 is 5.54 Å². The van der Waals surface area contributed by atoms with E-state index in [4.69, 9.17) is 5.73 Å². The molecule has 0 atom stereocenters. The van der Waals surface area contributed by atoms with Crippen molar-refractivity contribution < 1.29 is 9.18 Å². The van der Waals surface area contributed by atoms with E-state index in [1.807, 2.05) is 19.9 Å². The van der Waals surface area contributed by atoms with Gasteiger partial charge in [-0.25, -0.2) is 9.37 Å². The van der Waals surface area contributed by atoms with Crippen LogP contribution in [0, 0.1) is 5.82 Å². The van der Waals surface area contributed by atoms with Gasteiger partial charge in [0.2, 0.25) is 0 Å². The summed E-state index contributed by atoms with van der Waals surface area (Å²) >= 11 is 0. The van der Waals surface area contributed by atoms with Crippen molar-refractivity contribution in [3.63, 3.8) is 0 Å². The maximum Gasteiger partial charge on any atom is 0.271 e. The second-order valence-electron chi connectivity index (χ2n) is 6.38. The number of fused-ring (bicyclic) bond motifs is 1. The summed E-state index contributed by atoms with van der Waals surface area (Å²) in [6, 6.07) is 6.32. The maximum atomic E-state index is 13.3. The minimum atomic E-state index is -0.512. The monoisotopic (exact) mass is 327 g/mol. The van der Waals surface area contributed by atoms with Crippen molar-refractivity contribution in [2.45, 2.75) is 19.4 Å². The summed E-state index contributed by atoms with van der Waals surface area (Å²) in [6.07, 6.45) is 2.94. The molecule has 0 fully saturated rings. The lowest BCUT2D eigenvalue weighted by molar-refractivity contribution is 0.0940. The number of carbonyl (C=O) groups excluding carboxylic acids is 1. The van der Waals surface area contributed by atoms with E-state index in [9.17, 15) is 9.18 Å². The van der Waals surface area contributed by atoms with Crippen LogP contribution in [-0.2, 0) is 0 Å². The Labute approximate surface area is 138 Å². The van der Waals surface area contributed by atoms with E-state index in [0.29, 0.717) is 23.4 Å². The zero-order valence-electron chi connectivity index (χ0n) is 13.4. The fourth-order valence-electron chi connectivity index (χ4n) is 2.24. The van der Waals surface area contributed by atoms with Crippen LogP contribution < -0.4 is 11.1 Å². The highest BCUT2D eigenvalue weighted by molar-refractivity contribution is 5.92. The zero-order valence-corrected chi connectivity index (χ0v) is 13.4. The number of aromatic nitrogens is 3. The number of carbonyl (C=O) groups is 1. The van der Waals surface area contributed by atoms with Gasteiger partial charge in [-0.1, -0.05) is 0 Å². The summed E-state index contributed by atoms with van der Waals surface area (Å²) in [4.78, 5) is 23.6. The quantitative estimate of drug-likeness (QED) is 0.684. The van der Waals surface area contributed by atoms with E-state index in [-0.39, 0.29) is 17.4 Å². The first-order valence-electron chi connectivity index (χ1n) is 7.50. The van der Waals surface area contributed by atoms with Gasteiger partial charge in [0.1, 0.15) is 17.2 Å². The second-order valence-corrected chi connectivity index (χ2v) is 6.38. The summed E-state index contributed by atoms with van der Waals surface area (Å²) in [6.45, 7) is 3.96. The van der Waals surface area contributed by atoms with Gasteiger partial charge >= 0.3 is 0 Å². The summed E-state index contributed by atoms with van der Waals surface area (Å²) in [5, 5.41) is 3.58. The number of nitrogens with one attached hydrogen (secondary N) is 2. The third-order valence-corrected chi connectivity index (χ3v) is 3.43. The molecule has 0 aliphatic heterocycles. The molecule has 0 bridgehead atoms. The van der Waals surface area contributed by atoms with Crippen LogP contribution >= 0.6 is 0 Å². The van der Waals surface area contributed by atoms with Crippen molar-refractivity contribution in [2.24, 2.45) is 5.73 Å². The molecule has 4 N–H and O–H groups in total. The molecule has 3 rings (SSSR count). The van der Waals surface area contributed by atoms with Crippen molar-refractivity contribution in [2.75, 3.05) is 6.54 Å². The number of nitrogens with two attached hydrogens (primary N) is 1. The first-order chi connectivity index (χ1) is 11.3. The van der Waals surface area contributed by atoms with Crippen molar-refractivity contribution in [1.82, 2.24) is 20.3 Å². The number of hydrogen-bond acceptors (Lipinski definition) is 4. The minimum Gasteiger partial charge on any atom is -0.353 e. The molecular weight excluding hydrogens is 309 g/mol. The number of H-pyrrole nitrogens is 1. The summed E-state index contributed by atoms with van der Waals surface area (Å²) in [5.74, 6) is -0.662. The highest BCUT2D eigenvalue weighted by atomic mass is 19.1. The lowest BCUT2D eigenvalue weighted by Gasteiger charge is -2.18. The predicted molar refractivity (Wildman–Crippen MR) is 89.9 cm³/mol. The van der Waals surface area contributed by atoms with Crippen LogP contribution in [0.4, 0.5) is 4.39 Å². The lowest BCUT2D eigenvalue weighted by Crippen LogP contribution is -2.45. The Morgan fingerprint density at radius 1 is 1.33 bits per heavy atom. The van der Waals surface area contributed by atoms with Gasteiger partial charge in [-0.2, -0.15) is 0 Å². The van der Waals surface area contributed by atoms with Gasteiger partial charge in [-0.15, -0.1) is 0 Å². The number of benzene rings is 1. The Balaban J connectivity index is 1.87. The third-order valence-electron chi connectivity index (χ3n) is 3.43. The first-order valence-corrected chi connectivity index (χ1v) is 7.50. The molecule has 7 heteroatoms. The molecule has 3 aromatic rings. The van der Waals surface area contributed by atoms with Crippen LogP contribution in [0.15, 0.2) is 36.7 Å². The maximum absolute atomic E-state index is 13.3. The highest BCUT2D eigenvalue weighted by Gasteiger charge is 2.15. The molecule has 24 heavy (non-hydrogen) atoms. The molecule has 0 saturated carbocycles. The Hall–Kier alpha value is -2.80. The molecule has 2 heterocycles. The number of nitrogens with zero attached hydrogens (tertiary/aromatic N) is 2. The van der Waals surface area contributed by atoms with Gasteiger partial charge in [-0.05, 0) is 38.1 Å². The van der Waals surface area contributed by atoms with Gasteiger partial charge in [0, 0.05) is 23.0 Å². The largest absolute Gasteiger partial charge is 0.353 e. The molecular formula is C17H18FN5O. The lowest BCUT2D eigenvalue weighted by atomic mass is 10.1. The Morgan fingerprint density at radius 3 is 2.88 bits per heavy atom. The fraction of sp³-hybridized carbons (Fsp3) is 0.235. The Kier molecular flexibility index (Phi) is 4.02. The molecule has 1 aromatic carbocycles. The predicted octanol–water partition coefficient (Wildman–Crippen LogP) is 2.23. The molecule has 6 nitrogen and oxygen atoms in total. The number of halogens is 1. The number of amides is 1. The third kappa shape index (κ3) is 3.57. The molecule has 0 unspecified atom stereocenters. The van der Waals surface area contributed by atoms with Crippen LogP contribution in [0.25, 0.3) is 22.3 Å². The molecule has 2 aromatic heterocycles. The van der Waals surface area contributed by atoms with Crippen molar-refractivity contribution in [1.29, 1.82) is 0 Å². The average molecular weight is 327 g/mol. The number of aromatic amines is 1. The summed E-state index contributed by atoms with van der Waals surface area (Å²) < 4.78 is 13.3. The van der Waals surface area contributed by atoms with Crippen LogP contribution in [0.1, 0.15) is 24.3 Å². The normalized spacial score (nSPS) is 11.7. The molecule has 0 aliphatic carbocycles. The SMILES string of the molecule is CC(C)(N)CNC(=O)c1cncc(-c2cc3ccc(F)cc3[nH]2)n1. The van der Waals surface area contributed by atoms with Crippen molar-refractivity contribution >= 4 is 16.8 Å². The number of hydrogen-bond donors (Lipinski definition) is 3. The van der Waals surface area contributed by atoms with Gasteiger partial charge < -0.3 is 16.0 Å². The van der Waals surface area contributed by atoms with Gasteiger partial charge in [-0.3, -0.25) is 9.78 Å². The van der Waals surface area contributed by atoms with Crippen LogP contribution in [0.5, 0.6) is 0 Å². The second kappa shape index (κ2) is 6.01. The van der Waals surface area contributed by atoms with E-state index in [1.54, 1.807) is 12.3 Å². The number of rotatable bonds is 4. The summed E-state index contributed by atoms with van der Waals surface area (Å²) in [5.41, 5.74) is 7.36. The van der Waals surface area contributed by atoms with Crippen LogP contribution in [-0.4, -0.2) is 32.9 Å². The molecule has 124 valence electrons. The van der Waals surface area contributed by atoms with Gasteiger partial charge in [0.05, 0.1) is 18.1 Å². The standard InChI is InChI=1S/C17H18FN5O/c1-17(2,19)9-21-16(24)15-8-20-7-14(23-15)13-5-10-3-4-11(18)6-12(10)22-13/h3-8,22H,9,19H2,1-2H3,(H,21,24). The van der Waals surface area contributed by atoms with Crippen LogP contribution in [0.3, 0.4) is 0 Å². The topological polar surface area (TPSA) is 96.7 Å². The Bertz CT molecular complexity index is 897. The minimum absolute atomic E-state index is 0.196. The zero-order chi connectivity index (χ0) is 17.3. The highest BCUT2D eigenvalue weighted by Crippen LogP contribution is 2.23. The fourth-order valence-corrected chi connectivity index (χ4v) is 2.24. The van der Waals surface area contributed by atoms with Crippen molar-refractivity contribution in [3.8, 4) is 11.4 Å². The van der Waals surface area contributed by atoms with E-state index >= 15 is 0 Å². The van der Waals surface area contributed by atoms with Crippen LogP contribution in [0.2, 0.25) is 0 Å². The Morgan fingerprint density at radius 2 is 2.12 bits per heavy atom. The van der Waals surface area contributed by atoms with E-state index in [1.165, 1.54) is 18.3 Å². The molecule has 0 radical (unpaired) electrons. The molecule has 0 saturated heterocycles. The summed E-state index contributed by atoms with van der Waals surface area (Å²) in [7, 11) is 0. The van der Waals surface area contributed by atoms with Crippen molar-refractivity contribution in [3.05, 3.63) is 48.2 Å². The molecule has 1 amide bonds. The smallest absolute Gasteiger partial charge is 0.271 e. The van der Waals surface area contributed by atoms with Gasteiger partial charge in [0.15, 0.2) is 0 Å². The average Bonchev–Trinajstić information content (AvgIpc) is 2.95.